The molecule has 9 nitrogen and oxygen atoms in total. The van der Waals surface area contributed by atoms with E-state index in [-0.39, 0.29) is 24.2 Å². The van der Waals surface area contributed by atoms with Crippen LogP contribution in [0.1, 0.15) is 43.9 Å². The van der Waals surface area contributed by atoms with E-state index in [1.807, 2.05) is 33.8 Å². The molecule has 9 heteroatoms. The van der Waals surface area contributed by atoms with Crippen molar-refractivity contribution in [2.75, 3.05) is 11.9 Å². The van der Waals surface area contributed by atoms with Crippen molar-refractivity contribution in [1.82, 2.24) is 24.6 Å². The van der Waals surface area contributed by atoms with Crippen LogP contribution in [0.3, 0.4) is 0 Å². The molecule has 1 aliphatic heterocycles. The van der Waals surface area contributed by atoms with Crippen LogP contribution in [0.2, 0.25) is 0 Å². The van der Waals surface area contributed by atoms with Gasteiger partial charge in [0.15, 0.2) is 11.4 Å². The van der Waals surface area contributed by atoms with Crippen molar-refractivity contribution < 1.29 is 9.90 Å². The van der Waals surface area contributed by atoms with E-state index in [0.29, 0.717) is 24.6 Å². The fourth-order valence-corrected chi connectivity index (χ4v) is 3.43. The number of carbonyl (C=O) groups is 1. The Morgan fingerprint density at radius 2 is 2.03 bits per heavy atom. The number of amides is 1. The van der Waals surface area contributed by atoms with E-state index in [2.05, 4.69) is 20.5 Å². The number of hydrogen-bond donors (Lipinski definition) is 3. The molecule has 1 amide bonds. The summed E-state index contributed by atoms with van der Waals surface area (Å²) in [5.41, 5.74) is 0.951. The number of carbonyl (C=O) groups excluding carboxylic acids is 1. The van der Waals surface area contributed by atoms with Crippen molar-refractivity contribution in [2.24, 2.45) is 0 Å². The number of rotatable bonds is 4. The predicted octanol–water partition coefficient (Wildman–Crippen LogP) is 2.33. The number of aromatic amines is 1. The molecule has 0 spiro atoms. The quantitative estimate of drug-likeness (QED) is 0.621. The number of aromatic hydroxyl groups is 1. The molecular formula is C20H26N6O3. The number of aromatic nitrogens is 4. The number of nitrogens with zero attached hydrogens (tertiary/aromatic N) is 4. The highest BCUT2D eigenvalue weighted by molar-refractivity contribution is 5.96. The van der Waals surface area contributed by atoms with Gasteiger partial charge in [-0.15, -0.1) is 0 Å². The lowest BCUT2D eigenvalue weighted by molar-refractivity contribution is 0.0639. The molecule has 3 N–H and O–H groups in total. The van der Waals surface area contributed by atoms with Gasteiger partial charge in [0.2, 0.25) is 5.43 Å². The third kappa shape index (κ3) is 3.67. The SMILES string of the molecule is CC.CC(C)N1CCn2c(CNc3nccc4[nH]ncc34)cc(=O)c(O)c2C1=O. The van der Waals surface area contributed by atoms with Gasteiger partial charge in [0.1, 0.15) is 5.82 Å². The predicted molar refractivity (Wildman–Crippen MR) is 111 cm³/mol. The lowest BCUT2D eigenvalue weighted by Gasteiger charge is -2.34. The highest BCUT2D eigenvalue weighted by Crippen LogP contribution is 2.24. The maximum atomic E-state index is 12.8. The number of pyridine rings is 2. The van der Waals surface area contributed by atoms with Crippen LogP contribution in [0.5, 0.6) is 5.75 Å². The standard InChI is InChI=1S/C18H20N6O3.C2H6/c1-10(2)23-5-6-24-11(7-14(25)16(26)15(24)18(23)27)8-20-17-12-9-21-22-13(12)3-4-19-17;1-2/h3-4,7,9-10,26H,5-6,8H2,1-2H3,(H,19,20)(H,21,22);1-2H3. The van der Waals surface area contributed by atoms with Crippen LogP contribution in [-0.4, -0.2) is 48.2 Å². The molecule has 4 rings (SSSR count). The van der Waals surface area contributed by atoms with Crippen LogP contribution >= 0.6 is 0 Å². The summed E-state index contributed by atoms with van der Waals surface area (Å²) < 4.78 is 1.71. The fourth-order valence-electron chi connectivity index (χ4n) is 3.43. The molecule has 0 saturated heterocycles. The number of H-pyrrole nitrogens is 1. The van der Waals surface area contributed by atoms with E-state index >= 15 is 0 Å². The van der Waals surface area contributed by atoms with Gasteiger partial charge >= 0.3 is 0 Å². The van der Waals surface area contributed by atoms with Crippen molar-refractivity contribution >= 4 is 22.6 Å². The van der Waals surface area contributed by atoms with E-state index < -0.39 is 11.2 Å². The van der Waals surface area contributed by atoms with Crippen LogP contribution in [0.25, 0.3) is 10.9 Å². The molecular weight excluding hydrogens is 372 g/mol. The molecule has 1 aliphatic rings. The van der Waals surface area contributed by atoms with Gasteiger partial charge in [0.25, 0.3) is 5.91 Å². The lowest BCUT2D eigenvalue weighted by atomic mass is 10.1. The molecule has 0 aliphatic carbocycles. The number of fused-ring (bicyclic) bond motifs is 2. The maximum Gasteiger partial charge on any atom is 0.274 e. The zero-order valence-corrected chi connectivity index (χ0v) is 17.1. The summed E-state index contributed by atoms with van der Waals surface area (Å²) >= 11 is 0. The topological polar surface area (TPSA) is 116 Å². The van der Waals surface area contributed by atoms with Crippen LogP contribution in [0, 0.1) is 0 Å². The number of hydrogen-bond acceptors (Lipinski definition) is 6. The van der Waals surface area contributed by atoms with Gasteiger partial charge in [0.05, 0.1) is 23.6 Å². The summed E-state index contributed by atoms with van der Waals surface area (Å²) in [4.78, 5) is 30.9. The first-order valence-corrected chi connectivity index (χ1v) is 9.76. The summed E-state index contributed by atoms with van der Waals surface area (Å²) in [6.45, 7) is 9.13. The Bertz CT molecular complexity index is 1090. The zero-order chi connectivity index (χ0) is 21.1. The first kappa shape index (κ1) is 20.4. The number of anilines is 1. The van der Waals surface area contributed by atoms with E-state index in [9.17, 15) is 14.7 Å². The minimum absolute atomic E-state index is 0.00886. The van der Waals surface area contributed by atoms with E-state index in [1.54, 1.807) is 21.9 Å². The molecule has 0 saturated carbocycles. The third-order valence-corrected chi connectivity index (χ3v) is 4.83. The first-order chi connectivity index (χ1) is 14.0. The Hall–Kier alpha value is -3.36. The lowest BCUT2D eigenvalue weighted by Crippen LogP contribution is -2.46. The molecule has 3 aromatic heterocycles. The van der Waals surface area contributed by atoms with Gasteiger partial charge in [-0.3, -0.25) is 14.7 Å². The second-order valence-electron chi connectivity index (χ2n) is 6.79. The molecule has 0 atom stereocenters. The van der Waals surface area contributed by atoms with E-state index in [0.717, 1.165) is 10.9 Å². The van der Waals surface area contributed by atoms with Gasteiger partial charge in [-0.2, -0.15) is 5.10 Å². The van der Waals surface area contributed by atoms with Crippen LogP contribution < -0.4 is 10.7 Å². The van der Waals surface area contributed by atoms with Crippen molar-refractivity contribution in [3.63, 3.8) is 0 Å². The summed E-state index contributed by atoms with van der Waals surface area (Å²) in [6, 6.07) is 3.17. The van der Waals surface area contributed by atoms with Crippen LogP contribution in [-0.2, 0) is 13.1 Å². The molecule has 0 aromatic carbocycles. The maximum absolute atomic E-state index is 12.8. The monoisotopic (exact) mass is 398 g/mol. The first-order valence-electron chi connectivity index (χ1n) is 9.76. The highest BCUT2D eigenvalue weighted by Gasteiger charge is 2.31. The summed E-state index contributed by atoms with van der Waals surface area (Å²) in [7, 11) is 0. The Labute approximate surface area is 168 Å². The average molecular weight is 398 g/mol. The molecule has 0 fully saturated rings. The Balaban J connectivity index is 0.00000117. The molecule has 4 heterocycles. The largest absolute Gasteiger partial charge is 0.503 e. The molecule has 29 heavy (non-hydrogen) atoms. The third-order valence-electron chi connectivity index (χ3n) is 4.83. The van der Waals surface area contributed by atoms with E-state index in [1.165, 1.54) is 6.07 Å². The van der Waals surface area contributed by atoms with Gasteiger partial charge in [-0.05, 0) is 19.9 Å². The van der Waals surface area contributed by atoms with Crippen molar-refractivity contribution in [2.45, 2.75) is 46.8 Å². The van der Waals surface area contributed by atoms with Gasteiger partial charge < -0.3 is 19.9 Å². The fraction of sp³-hybridized carbons (Fsp3) is 0.400. The average Bonchev–Trinajstić information content (AvgIpc) is 3.20. The second kappa shape index (κ2) is 8.34. The van der Waals surface area contributed by atoms with Gasteiger partial charge in [0, 0.05) is 37.1 Å². The summed E-state index contributed by atoms with van der Waals surface area (Å²) in [6.07, 6.45) is 3.33. The van der Waals surface area contributed by atoms with Gasteiger partial charge in [-0.1, -0.05) is 13.8 Å². The number of nitrogens with one attached hydrogen (secondary N) is 2. The van der Waals surface area contributed by atoms with Crippen molar-refractivity contribution in [3.8, 4) is 5.75 Å². The van der Waals surface area contributed by atoms with Crippen molar-refractivity contribution in [3.05, 3.63) is 46.1 Å². The minimum atomic E-state index is -0.563. The molecule has 0 bridgehead atoms. The zero-order valence-electron chi connectivity index (χ0n) is 17.1. The minimum Gasteiger partial charge on any atom is -0.503 e. The smallest absolute Gasteiger partial charge is 0.274 e. The molecule has 3 aromatic rings. The summed E-state index contributed by atoms with van der Waals surface area (Å²) in [5, 5.41) is 21.1. The Morgan fingerprint density at radius 1 is 1.28 bits per heavy atom. The Morgan fingerprint density at radius 3 is 2.76 bits per heavy atom. The van der Waals surface area contributed by atoms with Gasteiger partial charge in [-0.25, -0.2) is 4.98 Å². The van der Waals surface area contributed by atoms with Crippen LogP contribution in [0.4, 0.5) is 5.82 Å². The molecule has 0 unspecified atom stereocenters. The summed E-state index contributed by atoms with van der Waals surface area (Å²) in [5.74, 6) is -0.200. The van der Waals surface area contributed by atoms with E-state index in [4.69, 9.17) is 0 Å². The normalized spacial score (nSPS) is 13.3. The van der Waals surface area contributed by atoms with Crippen LogP contribution in [0.15, 0.2) is 29.3 Å². The molecule has 154 valence electrons. The second-order valence-corrected chi connectivity index (χ2v) is 6.79. The van der Waals surface area contributed by atoms with Crippen molar-refractivity contribution in [1.29, 1.82) is 0 Å². The Kier molecular flexibility index (Phi) is 5.86. The molecule has 0 radical (unpaired) electrons. The highest BCUT2D eigenvalue weighted by atomic mass is 16.3.